The molecule has 0 saturated heterocycles. The number of aromatic nitrogens is 1. The summed E-state index contributed by atoms with van der Waals surface area (Å²) in [6, 6.07) is 20.9. The number of hydrogen-bond acceptors (Lipinski definition) is 3. The Morgan fingerprint density at radius 1 is 0.864 bits per heavy atom. The van der Waals surface area contributed by atoms with Crippen molar-refractivity contribution in [2.24, 2.45) is 4.99 Å². The molecule has 0 unspecified atom stereocenters. The van der Waals surface area contributed by atoms with Gasteiger partial charge in [0.25, 0.3) is 0 Å². The van der Waals surface area contributed by atoms with Crippen LogP contribution in [0.5, 0.6) is 0 Å². The van der Waals surface area contributed by atoms with Crippen LogP contribution in [0.3, 0.4) is 0 Å². The number of rotatable bonds is 1. The van der Waals surface area contributed by atoms with E-state index >= 15 is 0 Å². The maximum absolute atomic E-state index is 4.91. The van der Waals surface area contributed by atoms with E-state index in [1.807, 2.05) is 18.3 Å². The first-order valence-corrected chi connectivity index (χ1v) is 8.01. The molecule has 0 atom stereocenters. The average Bonchev–Trinajstić information content (AvgIpc) is 2.72. The van der Waals surface area contributed by atoms with Crippen LogP contribution in [0.2, 0.25) is 0 Å². The summed E-state index contributed by atoms with van der Waals surface area (Å²) in [5, 5.41) is 0.956. The van der Waals surface area contributed by atoms with E-state index in [1.54, 1.807) is 11.8 Å². The van der Waals surface area contributed by atoms with Gasteiger partial charge in [0.1, 0.15) is 5.03 Å². The lowest BCUT2D eigenvalue weighted by Gasteiger charge is -2.09. The Morgan fingerprint density at radius 2 is 1.68 bits per heavy atom. The highest BCUT2D eigenvalue weighted by molar-refractivity contribution is 7.99. The molecular formula is C19H14N2S. The molecule has 106 valence electrons. The summed E-state index contributed by atoms with van der Waals surface area (Å²) in [5.74, 6) is 0. The Morgan fingerprint density at radius 3 is 2.55 bits per heavy atom. The van der Waals surface area contributed by atoms with Gasteiger partial charge in [0.05, 0.1) is 11.4 Å². The molecule has 0 N–H and O–H groups in total. The number of pyridine rings is 1. The molecule has 2 heterocycles. The summed E-state index contributed by atoms with van der Waals surface area (Å²) >= 11 is 1.68. The molecule has 1 aliphatic rings. The summed E-state index contributed by atoms with van der Waals surface area (Å²) in [5.41, 5.74) is 5.49. The lowest BCUT2D eigenvalue weighted by molar-refractivity contribution is 1.12. The lowest BCUT2D eigenvalue weighted by Crippen LogP contribution is -2.03. The van der Waals surface area contributed by atoms with E-state index in [9.17, 15) is 0 Å². The van der Waals surface area contributed by atoms with Gasteiger partial charge in [-0.05, 0) is 25.1 Å². The van der Waals surface area contributed by atoms with E-state index in [-0.39, 0.29) is 0 Å². The fraction of sp³-hybridized carbons (Fsp3) is 0.0526. The smallest absolute Gasteiger partial charge is 0.126 e. The average molecular weight is 302 g/mol. The molecule has 0 fully saturated rings. The van der Waals surface area contributed by atoms with E-state index in [0.717, 1.165) is 27.6 Å². The fourth-order valence-corrected chi connectivity index (χ4v) is 3.48. The van der Waals surface area contributed by atoms with Gasteiger partial charge in [0, 0.05) is 22.2 Å². The van der Waals surface area contributed by atoms with Gasteiger partial charge in [-0.3, -0.25) is 0 Å². The first-order valence-electron chi connectivity index (χ1n) is 7.19. The third-order valence-electron chi connectivity index (χ3n) is 3.66. The highest BCUT2D eigenvalue weighted by atomic mass is 32.2. The predicted molar refractivity (Wildman–Crippen MR) is 91.3 cm³/mol. The summed E-state index contributed by atoms with van der Waals surface area (Å²) in [7, 11) is 0. The maximum Gasteiger partial charge on any atom is 0.126 e. The lowest BCUT2D eigenvalue weighted by atomic mass is 10.0. The van der Waals surface area contributed by atoms with Crippen LogP contribution in [0, 0.1) is 6.92 Å². The molecule has 2 aromatic carbocycles. The van der Waals surface area contributed by atoms with Crippen molar-refractivity contribution in [3.63, 3.8) is 0 Å². The molecule has 22 heavy (non-hydrogen) atoms. The van der Waals surface area contributed by atoms with E-state index in [4.69, 9.17) is 4.99 Å². The zero-order valence-electron chi connectivity index (χ0n) is 12.2. The fourth-order valence-electron chi connectivity index (χ4n) is 2.51. The molecule has 3 aromatic rings. The van der Waals surface area contributed by atoms with Crippen molar-refractivity contribution in [2.45, 2.75) is 16.8 Å². The summed E-state index contributed by atoms with van der Waals surface area (Å²) in [6.45, 7) is 2.10. The Kier molecular flexibility index (Phi) is 3.28. The number of nitrogens with zero attached hydrogens (tertiary/aromatic N) is 2. The highest BCUT2D eigenvalue weighted by Crippen LogP contribution is 2.39. The molecular weight excluding hydrogens is 288 g/mol. The minimum atomic E-state index is 0.930. The number of aliphatic imine (C=N–C) groups is 1. The molecule has 1 aromatic heterocycles. The van der Waals surface area contributed by atoms with E-state index in [1.165, 1.54) is 10.5 Å². The first-order chi connectivity index (χ1) is 10.8. The van der Waals surface area contributed by atoms with Gasteiger partial charge in [-0.15, -0.1) is 0 Å². The van der Waals surface area contributed by atoms with Crippen molar-refractivity contribution in [3.8, 4) is 0 Å². The summed E-state index contributed by atoms with van der Waals surface area (Å²) in [4.78, 5) is 10.6. The Labute approximate surface area is 134 Å². The second-order valence-corrected chi connectivity index (χ2v) is 6.28. The molecule has 2 nitrogen and oxygen atoms in total. The Balaban J connectivity index is 1.98. The highest BCUT2D eigenvalue weighted by Gasteiger charge is 2.18. The maximum atomic E-state index is 4.91. The number of hydrogen-bond donors (Lipinski definition) is 0. The van der Waals surface area contributed by atoms with Crippen LogP contribution in [0.4, 0.5) is 5.69 Å². The normalized spacial score (nSPS) is 12.9. The minimum absolute atomic E-state index is 0.930. The van der Waals surface area contributed by atoms with Crippen molar-refractivity contribution in [3.05, 3.63) is 83.6 Å². The van der Waals surface area contributed by atoms with Gasteiger partial charge in [-0.1, -0.05) is 59.8 Å². The van der Waals surface area contributed by atoms with Crippen molar-refractivity contribution >= 4 is 23.2 Å². The van der Waals surface area contributed by atoms with Crippen LogP contribution in [-0.4, -0.2) is 10.7 Å². The van der Waals surface area contributed by atoms with Crippen molar-refractivity contribution < 1.29 is 0 Å². The Hall–Kier alpha value is -2.39. The van der Waals surface area contributed by atoms with Gasteiger partial charge < -0.3 is 0 Å². The molecule has 0 amide bonds. The van der Waals surface area contributed by atoms with Crippen LogP contribution in [0.1, 0.15) is 16.7 Å². The summed E-state index contributed by atoms with van der Waals surface area (Å²) in [6.07, 6.45) is 1.82. The van der Waals surface area contributed by atoms with Gasteiger partial charge in [-0.25, -0.2) is 9.98 Å². The first kappa shape index (κ1) is 13.3. The van der Waals surface area contributed by atoms with E-state index in [2.05, 4.69) is 60.4 Å². The molecule has 0 spiro atoms. The Bertz CT molecular complexity index is 867. The van der Waals surface area contributed by atoms with Gasteiger partial charge in [0.15, 0.2) is 0 Å². The second kappa shape index (κ2) is 5.43. The van der Waals surface area contributed by atoms with Crippen molar-refractivity contribution in [1.29, 1.82) is 0 Å². The minimum Gasteiger partial charge on any atom is -0.247 e. The van der Waals surface area contributed by atoms with E-state index < -0.39 is 0 Å². The van der Waals surface area contributed by atoms with Gasteiger partial charge in [0.2, 0.25) is 0 Å². The van der Waals surface area contributed by atoms with Crippen LogP contribution in [-0.2, 0) is 0 Å². The van der Waals surface area contributed by atoms with Gasteiger partial charge >= 0.3 is 0 Å². The monoisotopic (exact) mass is 302 g/mol. The molecule has 1 aliphatic heterocycles. The van der Waals surface area contributed by atoms with Gasteiger partial charge in [-0.2, -0.15) is 0 Å². The van der Waals surface area contributed by atoms with E-state index in [0.29, 0.717) is 0 Å². The number of fused-ring (bicyclic) bond motifs is 2. The SMILES string of the molecule is Cc1ccc(C2=Nc3cccnc3Sc3ccccc32)cc1. The molecule has 0 bridgehead atoms. The predicted octanol–water partition coefficient (Wildman–Crippen LogP) is 5.02. The number of aryl methyl sites for hydroxylation is 1. The third-order valence-corrected chi connectivity index (χ3v) is 4.74. The van der Waals surface area contributed by atoms with Crippen LogP contribution >= 0.6 is 11.8 Å². The standard InChI is InChI=1S/C19H14N2S/c1-13-8-10-14(11-9-13)18-15-5-2-3-7-17(15)22-19-16(21-18)6-4-12-20-19/h2-12H,1H3. The largest absolute Gasteiger partial charge is 0.247 e. The van der Waals surface area contributed by atoms with Crippen LogP contribution < -0.4 is 0 Å². The molecule has 3 heteroatoms. The number of benzene rings is 2. The third kappa shape index (κ3) is 2.34. The molecule has 0 aliphatic carbocycles. The van der Waals surface area contributed by atoms with Crippen LogP contribution in [0.25, 0.3) is 0 Å². The van der Waals surface area contributed by atoms with Crippen molar-refractivity contribution in [2.75, 3.05) is 0 Å². The molecule has 4 rings (SSSR count). The zero-order chi connectivity index (χ0) is 14.9. The topological polar surface area (TPSA) is 25.2 Å². The van der Waals surface area contributed by atoms with Crippen LogP contribution in [0.15, 0.2) is 81.8 Å². The molecule has 0 radical (unpaired) electrons. The quantitative estimate of drug-likeness (QED) is 0.493. The summed E-state index contributed by atoms with van der Waals surface area (Å²) < 4.78 is 0. The zero-order valence-corrected chi connectivity index (χ0v) is 13.0. The van der Waals surface area contributed by atoms with Crippen molar-refractivity contribution in [1.82, 2.24) is 4.98 Å². The second-order valence-electron chi connectivity index (χ2n) is 5.25. The molecule has 0 saturated carbocycles.